The number of hydrogen-bond acceptors (Lipinski definition) is 3. The fraction of sp³-hybridized carbons (Fsp3) is 0.682. The van der Waals surface area contributed by atoms with Crippen molar-refractivity contribution in [1.29, 1.82) is 0 Å². The Morgan fingerprint density at radius 2 is 1.85 bits per heavy atom. The summed E-state index contributed by atoms with van der Waals surface area (Å²) in [5.41, 5.74) is 1.17. The van der Waals surface area contributed by atoms with Crippen molar-refractivity contribution in [3.05, 3.63) is 24.3 Å². The molecule has 1 heterocycles. The second kappa shape index (κ2) is 9.98. The molecule has 27 heavy (non-hydrogen) atoms. The highest BCUT2D eigenvalue weighted by Gasteiger charge is 2.31. The van der Waals surface area contributed by atoms with E-state index in [9.17, 15) is 4.79 Å². The number of amides is 1. The highest BCUT2D eigenvalue weighted by molar-refractivity contribution is 5.80. The molecule has 0 spiro atoms. The van der Waals surface area contributed by atoms with Crippen molar-refractivity contribution < 1.29 is 14.4 Å². The molecule has 150 valence electrons. The Morgan fingerprint density at radius 1 is 1.19 bits per heavy atom. The molecule has 1 atom stereocenters. The summed E-state index contributed by atoms with van der Waals surface area (Å²) >= 11 is 0. The number of rotatable bonds is 6. The molecular weight excluding hydrogens is 338 g/mol. The number of nitrogens with one attached hydrogen (secondary N) is 2. The van der Waals surface area contributed by atoms with Gasteiger partial charge in [0.05, 0.1) is 38.5 Å². The zero-order valence-electron chi connectivity index (χ0n) is 17.0. The van der Waals surface area contributed by atoms with Crippen LogP contribution in [0.15, 0.2) is 24.3 Å². The highest BCUT2D eigenvalue weighted by Crippen LogP contribution is 2.27. The van der Waals surface area contributed by atoms with Crippen LogP contribution < -0.4 is 19.9 Å². The third-order valence-electron chi connectivity index (χ3n) is 6.12. The lowest BCUT2D eigenvalue weighted by Gasteiger charge is -2.36. The van der Waals surface area contributed by atoms with E-state index in [4.69, 9.17) is 4.74 Å². The first-order valence-electron chi connectivity index (χ1n) is 10.8. The standard InChI is InChI=1S/C22H35N3O2/c1-3-27-21-13-9-8-12-20(21)25-16-14-24(15-17-25)18(2)22(26)23-19-10-6-4-5-7-11-19/h8-9,12-13,18-19H,3-7,10-11,14-17H2,1-2H3,(H,23,26)/p+1/t18-/m0/s1. The Hall–Kier alpha value is -1.75. The second-order valence-corrected chi connectivity index (χ2v) is 7.96. The minimum atomic E-state index is 0.0255. The number of ether oxygens (including phenoxy) is 1. The maximum absolute atomic E-state index is 12.7. The van der Waals surface area contributed by atoms with Crippen LogP contribution in [0.5, 0.6) is 5.75 Å². The molecule has 1 aliphatic heterocycles. The predicted molar refractivity (Wildman–Crippen MR) is 110 cm³/mol. The Morgan fingerprint density at radius 3 is 2.52 bits per heavy atom. The SMILES string of the molecule is CCOc1ccccc1N1CC[NH+]([C@@H](C)C(=O)NC2CCCCCC2)CC1. The molecule has 1 aromatic rings. The van der Waals surface area contributed by atoms with Crippen LogP contribution >= 0.6 is 0 Å². The molecule has 0 radical (unpaired) electrons. The van der Waals surface area contributed by atoms with Crippen molar-refractivity contribution in [3.63, 3.8) is 0 Å². The average molecular weight is 375 g/mol. The molecule has 2 aliphatic rings. The van der Waals surface area contributed by atoms with Crippen LogP contribution in [0.25, 0.3) is 0 Å². The van der Waals surface area contributed by atoms with Gasteiger partial charge in [-0.2, -0.15) is 0 Å². The number of nitrogens with zero attached hydrogens (tertiary/aromatic N) is 1. The van der Waals surface area contributed by atoms with Crippen LogP contribution in [-0.2, 0) is 4.79 Å². The van der Waals surface area contributed by atoms with Crippen LogP contribution in [0, 0.1) is 0 Å². The van der Waals surface area contributed by atoms with Gasteiger partial charge in [0.2, 0.25) is 0 Å². The van der Waals surface area contributed by atoms with Gasteiger partial charge in [0.1, 0.15) is 5.75 Å². The highest BCUT2D eigenvalue weighted by atomic mass is 16.5. The zero-order chi connectivity index (χ0) is 19.1. The summed E-state index contributed by atoms with van der Waals surface area (Å²) in [6.07, 6.45) is 7.44. The predicted octanol–water partition coefficient (Wildman–Crippen LogP) is 2.02. The van der Waals surface area contributed by atoms with E-state index in [0.29, 0.717) is 12.6 Å². The van der Waals surface area contributed by atoms with Crippen LogP contribution in [-0.4, -0.2) is 50.8 Å². The van der Waals surface area contributed by atoms with Gasteiger partial charge in [0.25, 0.3) is 5.91 Å². The molecule has 1 aliphatic carbocycles. The Kier molecular flexibility index (Phi) is 7.39. The molecule has 0 aromatic heterocycles. The Labute approximate surface area is 164 Å². The van der Waals surface area contributed by atoms with E-state index in [1.165, 1.54) is 36.3 Å². The molecule has 1 amide bonds. The monoisotopic (exact) mass is 374 g/mol. The molecule has 2 N–H and O–H groups in total. The van der Waals surface area contributed by atoms with E-state index >= 15 is 0 Å². The number of piperazine rings is 1. The maximum atomic E-state index is 12.7. The van der Waals surface area contributed by atoms with Gasteiger partial charge < -0.3 is 19.9 Å². The van der Waals surface area contributed by atoms with Crippen molar-refractivity contribution in [2.24, 2.45) is 0 Å². The zero-order valence-corrected chi connectivity index (χ0v) is 17.0. The molecule has 0 bridgehead atoms. The van der Waals surface area contributed by atoms with Gasteiger partial charge in [-0.3, -0.25) is 4.79 Å². The first kappa shape index (κ1) is 20.0. The molecule has 1 saturated heterocycles. The Balaban J connectivity index is 1.51. The van der Waals surface area contributed by atoms with Gasteiger partial charge in [-0.05, 0) is 38.8 Å². The number of hydrogen-bond donors (Lipinski definition) is 2. The van der Waals surface area contributed by atoms with Gasteiger partial charge in [-0.15, -0.1) is 0 Å². The van der Waals surface area contributed by atoms with E-state index in [-0.39, 0.29) is 11.9 Å². The molecule has 0 unspecified atom stereocenters. The molecule has 1 aromatic carbocycles. The van der Waals surface area contributed by atoms with Crippen molar-refractivity contribution >= 4 is 11.6 Å². The molecular formula is C22H36N3O2+. The first-order valence-corrected chi connectivity index (χ1v) is 10.8. The molecule has 1 saturated carbocycles. The minimum absolute atomic E-state index is 0.0255. The molecule has 3 rings (SSSR count). The number of quaternary nitrogens is 1. The summed E-state index contributed by atoms with van der Waals surface area (Å²) in [7, 11) is 0. The summed E-state index contributed by atoms with van der Waals surface area (Å²) < 4.78 is 5.78. The average Bonchev–Trinajstić information content (AvgIpc) is 2.97. The van der Waals surface area contributed by atoms with E-state index in [1.54, 1.807) is 0 Å². The third-order valence-corrected chi connectivity index (χ3v) is 6.12. The number of carbonyl (C=O) groups is 1. The number of carbonyl (C=O) groups excluding carboxylic acids is 1. The van der Waals surface area contributed by atoms with E-state index in [2.05, 4.69) is 29.3 Å². The number of para-hydroxylation sites is 2. The Bertz CT molecular complexity index is 591. The van der Waals surface area contributed by atoms with E-state index in [1.807, 2.05) is 19.1 Å². The lowest BCUT2D eigenvalue weighted by molar-refractivity contribution is -0.914. The van der Waals surface area contributed by atoms with Gasteiger partial charge in [-0.25, -0.2) is 0 Å². The van der Waals surface area contributed by atoms with Crippen LogP contribution in [0.3, 0.4) is 0 Å². The molecule has 5 nitrogen and oxygen atoms in total. The minimum Gasteiger partial charge on any atom is -0.492 e. The maximum Gasteiger partial charge on any atom is 0.278 e. The van der Waals surface area contributed by atoms with E-state index < -0.39 is 0 Å². The van der Waals surface area contributed by atoms with Crippen LogP contribution in [0.1, 0.15) is 52.4 Å². The summed E-state index contributed by atoms with van der Waals surface area (Å²) in [5, 5.41) is 3.33. The first-order chi connectivity index (χ1) is 13.2. The largest absolute Gasteiger partial charge is 0.492 e. The van der Waals surface area contributed by atoms with Gasteiger partial charge in [0.15, 0.2) is 6.04 Å². The lowest BCUT2D eigenvalue weighted by Crippen LogP contribution is -3.19. The fourth-order valence-corrected chi connectivity index (χ4v) is 4.40. The molecule has 2 fully saturated rings. The van der Waals surface area contributed by atoms with Gasteiger partial charge in [-0.1, -0.05) is 37.8 Å². The van der Waals surface area contributed by atoms with E-state index in [0.717, 1.165) is 44.8 Å². The molecule has 5 heteroatoms. The summed E-state index contributed by atoms with van der Waals surface area (Å²) in [4.78, 5) is 16.5. The van der Waals surface area contributed by atoms with Crippen LogP contribution in [0.4, 0.5) is 5.69 Å². The van der Waals surface area contributed by atoms with Crippen molar-refractivity contribution in [2.45, 2.75) is 64.5 Å². The summed E-state index contributed by atoms with van der Waals surface area (Å²) in [5.74, 6) is 1.20. The summed E-state index contributed by atoms with van der Waals surface area (Å²) in [6, 6.07) is 8.69. The van der Waals surface area contributed by atoms with Gasteiger partial charge >= 0.3 is 0 Å². The second-order valence-electron chi connectivity index (χ2n) is 7.96. The smallest absolute Gasteiger partial charge is 0.278 e. The van der Waals surface area contributed by atoms with Crippen LogP contribution in [0.2, 0.25) is 0 Å². The number of anilines is 1. The third kappa shape index (κ3) is 5.38. The quantitative estimate of drug-likeness (QED) is 0.749. The van der Waals surface area contributed by atoms with Crippen molar-refractivity contribution in [3.8, 4) is 5.75 Å². The van der Waals surface area contributed by atoms with Crippen molar-refractivity contribution in [1.82, 2.24) is 5.32 Å². The number of benzene rings is 1. The van der Waals surface area contributed by atoms with Crippen molar-refractivity contribution in [2.75, 3.05) is 37.7 Å². The topological polar surface area (TPSA) is 46.0 Å². The normalized spacial score (nSPS) is 20.7. The van der Waals surface area contributed by atoms with Gasteiger partial charge in [0, 0.05) is 6.04 Å². The lowest BCUT2D eigenvalue weighted by atomic mass is 10.1. The fourth-order valence-electron chi connectivity index (χ4n) is 4.40. The summed E-state index contributed by atoms with van der Waals surface area (Å²) in [6.45, 7) is 8.68.